The van der Waals surface area contributed by atoms with Crippen LogP contribution in [-0.2, 0) is 10.0 Å². The van der Waals surface area contributed by atoms with Gasteiger partial charge in [0.05, 0.1) is 10.9 Å². The van der Waals surface area contributed by atoms with Gasteiger partial charge in [0.25, 0.3) is 5.91 Å². The molecule has 1 atom stereocenters. The van der Waals surface area contributed by atoms with Gasteiger partial charge in [-0.15, -0.1) is 0 Å². The van der Waals surface area contributed by atoms with Crippen LogP contribution in [0.15, 0.2) is 59.5 Å². The molecule has 1 fully saturated rings. The Balaban J connectivity index is 1.74. The molecule has 0 saturated carbocycles. The molecule has 1 saturated heterocycles. The summed E-state index contributed by atoms with van der Waals surface area (Å²) < 4.78 is 26.8. The zero-order chi connectivity index (χ0) is 20.1. The van der Waals surface area contributed by atoms with Gasteiger partial charge in [0.2, 0.25) is 10.0 Å². The van der Waals surface area contributed by atoms with Crippen molar-refractivity contribution in [3.05, 3.63) is 65.7 Å². The van der Waals surface area contributed by atoms with Crippen molar-refractivity contribution in [2.24, 2.45) is 5.92 Å². The summed E-state index contributed by atoms with van der Waals surface area (Å²) in [7, 11) is -3.46. The standard InChI is InChI=1S/C22H28N2O3S/c1-17(2)16-21(18-8-4-3-5-9-18)23-22(25)19-10-12-20(13-11-19)28(26,27)24-14-6-7-15-24/h3-5,8-13,17,21H,6-7,14-16H2,1-2H3,(H,23,25)/t21-/m1/s1. The summed E-state index contributed by atoms with van der Waals surface area (Å²) in [5.41, 5.74) is 1.53. The van der Waals surface area contributed by atoms with E-state index in [9.17, 15) is 13.2 Å². The van der Waals surface area contributed by atoms with E-state index in [4.69, 9.17) is 0 Å². The van der Waals surface area contributed by atoms with Crippen LogP contribution in [0.1, 0.15) is 55.1 Å². The van der Waals surface area contributed by atoms with Gasteiger partial charge in [-0.2, -0.15) is 4.31 Å². The van der Waals surface area contributed by atoms with Gasteiger partial charge in [-0.25, -0.2) is 8.42 Å². The molecule has 0 unspecified atom stereocenters. The first-order valence-corrected chi connectivity index (χ1v) is 11.3. The minimum Gasteiger partial charge on any atom is -0.345 e. The first-order chi connectivity index (χ1) is 13.4. The second-order valence-electron chi connectivity index (χ2n) is 7.70. The number of nitrogens with zero attached hydrogens (tertiary/aromatic N) is 1. The summed E-state index contributed by atoms with van der Waals surface area (Å²) in [6.07, 6.45) is 2.63. The predicted molar refractivity (Wildman–Crippen MR) is 111 cm³/mol. The van der Waals surface area contributed by atoms with Gasteiger partial charge in [0.1, 0.15) is 0 Å². The third-order valence-corrected chi connectivity index (χ3v) is 6.95. The highest BCUT2D eigenvalue weighted by molar-refractivity contribution is 7.89. The number of carbonyl (C=O) groups is 1. The second-order valence-corrected chi connectivity index (χ2v) is 9.64. The summed E-state index contributed by atoms with van der Waals surface area (Å²) in [4.78, 5) is 13.0. The van der Waals surface area contributed by atoms with Crippen LogP contribution in [0.2, 0.25) is 0 Å². The van der Waals surface area contributed by atoms with E-state index in [1.807, 2.05) is 30.3 Å². The van der Waals surface area contributed by atoms with Crippen molar-refractivity contribution in [2.45, 2.75) is 44.0 Å². The molecular weight excluding hydrogens is 372 g/mol. The van der Waals surface area contributed by atoms with Gasteiger partial charge < -0.3 is 5.32 Å². The molecule has 5 nitrogen and oxygen atoms in total. The normalized spacial score (nSPS) is 16.2. The van der Waals surface area contributed by atoms with Crippen molar-refractivity contribution in [2.75, 3.05) is 13.1 Å². The van der Waals surface area contributed by atoms with E-state index in [1.54, 1.807) is 12.1 Å². The minimum atomic E-state index is -3.46. The Morgan fingerprint density at radius 3 is 2.18 bits per heavy atom. The molecule has 3 rings (SSSR count). The number of carbonyl (C=O) groups excluding carboxylic acids is 1. The van der Waals surface area contributed by atoms with Crippen LogP contribution < -0.4 is 5.32 Å². The van der Waals surface area contributed by atoms with Crippen molar-refractivity contribution in [1.29, 1.82) is 0 Å². The fourth-order valence-electron chi connectivity index (χ4n) is 3.53. The van der Waals surface area contributed by atoms with E-state index in [-0.39, 0.29) is 16.8 Å². The number of rotatable bonds is 7. The van der Waals surface area contributed by atoms with E-state index in [0.29, 0.717) is 24.6 Å². The zero-order valence-electron chi connectivity index (χ0n) is 16.5. The number of amides is 1. The largest absolute Gasteiger partial charge is 0.345 e. The summed E-state index contributed by atoms with van der Waals surface area (Å²) >= 11 is 0. The van der Waals surface area contributed by atoms with E-state index >= 15 is 0 Å². The molecule has 0 aromatic heterocycles. The average molecular weight is 401 g/mol. The number of hydrogen-bond acceptors (Lipinski definition) is 3. The van der Waals surface area contributed by atoms with E-state index in [0.717, 1.165) is 24.8 Å². The molecule has 1 aliphatic heterocycles. The van der Waals surface area contributed by atoms with Crippen LogP contribution in [0.5, 0.6) is 0 Å². The van der Waals surface area contributed by atoms with E-state index in [1.165, 1.54) is 16.4 Å². The lowest BCUT2D eigenvalue weighted by atomic mass is 9.96. The highest BCUT2D eigenvalue weighted by Crippen LogP contribution is 2.23. The Morgan fingerprint density at radius 1 is 1.00 bits per heavy atom. The maximum absolute atomic E-state index is 12.8. The van der Waals surface area contributed by atoms with Crippen LogP contribution in [-0.4, -0.2) is 31.7 Å². The third-order valence-electron chi connectivity index (χ3n) is 5.03. The molecule has 0 radical (unpaired) electrons. The monoisotopic (exact) mass is 400 g/mol. The van der Waals surface area contributed by atoms with Gasteiger partial charge in [-0.05, 0) is 55.0 Å². The lowest BCUT2D eigenvalue weighted by Gasteiger charge is -2.21. The first kappa shape index (κ1) is 20.6. The summed E-state index contributed by atoms with van der Waals surface area (Å²) in [5, 5.41) is 3.10. The molecule has 6 heteroatoms. The summed E-state index contributed by atoms with van der Waals surface area (Å²) in [6, 6.07) is 16.1. The molecular formula is C22H28N2O3S. The minimum absolute atomic E-state index is 0.0818. The maximum Gasteiger partial charge on any atom is 0.251 e. The molecule has 0 bridgehead atoms. The Bertz CT molecular complexity index is 887. The molecule has 2 aromatic carbocycles. The van der Waals surface area contributed by atoms with Crippen LogP contribution in [0, 0.1) is 5.92 Å². The topological polar surface area (TPSA) is 66.5 Å². The Morgan fingerprint density at radius 2 is 1.61 bits per heavy atom. The van der Waals surface area contributed by atoms with Gasteiger partial charge in [-0.3, -0.25) is 4.79 Å². The molecule has 2 aromatic rings. The average Bonchev–Trinajstić information content (AvgIpc) is 3.23. The SMILES string of the molecule is CC(C)C[C@@H](NC(=O)c1ccc(S(=O)(=O)N2CCCC2)cc1)c1ccccc1. The predicted octanol–water partition coefficient (Wildman–Crippen LogP) is 3.99. The van der Waals surface area contributed by atoms with Crippen molar-refractivity contribution in [3.8, 4) is 0 Å². The number of benzene rings is 2. The molecule has 28 heavy (non-hydrogen) atoms. The van der Waals surface area contributed by atoms with Crippen molar-refractivity contribution in [1.82, 2.24) is 9.62 Å². The van der Waals surface area contributed by atoms with Gasteiger partial charge >= 0.3 is 0 Å². The van der Waals surface area contributed by atoms with Crippen LogP contribution in [0.25, 0.3) is 0 Å². The highest BCUT2D eigenvalue weighted by Gasteiger charge is 2.27. The van der Waals surface area contributed by atoms with Crippen molar-refractivity contribution in [3.63, 3.8) is 0 Å². The van der Waals surface area contributed by atoms with Gasteiger partial charge in [-0.1, -0.05) is 44.2 Å². The molecule has 1 aliphatic rings. The van der Waals surface area contributed by atoms with E-state index < -0.39 is 10.0 Å². The fraction of sp³-hybridized carbons (Fsp3) is 0.409. The van der Waals surface area contributed by atoms with Crippen molar-refractivity contribution >= 4 is 15.9 Å². The van der Waals surface area contributed by atoms with Crippen LogP contribution in [0.3, 0.4) is 0 Å². The zero-order valence-corrected chi connectivity index (χ0v) is 17.3. The van der Waals surface area contributed by atoms with Crippen molar-refractivity contribution < 1.29 is 13.2 Å². The van der Waals surface area contributed by atoms with Gasteiger partial charge in [0.15, 0.2) is 0 Å². The van der Waals surface area contributed by atoms with Crippen LogP contribution >= 0.6 is 0 Å². The molecule has 1 N–H and O–H groups in total. The lowest BCUT2D eigenvalue weighted by molar-refractivity contribution is 0.0932. The van der Waals surface area contributed by atoms with E-state index in [2.05, 4.69) is 19.2 Å². The smallest absolute Gasteiger partial charge is 0.251 e. The molecule has 0 spiro atoms. The van der Waals surface area contributed by atoms with Crippen LogP contribution in [0.4, 0.5) is 0 Å². The second kappa shape index (κ2) is 8.88. The number of nitrogens with one attached hydrogen (secondary N) is 1. The van der Waals surface area contributed by atoms with Gasteiger partial charge in [0, 0.05) is 18.7 Å². The molecule has 0 aliphatic carbocycles. The quantitative estimate of drug-likeness (QED) is 0.764. The fourth-order valence-corrected chi connectivity index (χ4v) is 5.05. The Labute approximate surface area is 167 Å². The summed E-state index contributed by atoms with van der Waals surface area (Å²) in [5.74, 6) is 0.234. The Hall–Kier alpha value is -2.18. The third kappa shape index (κ3) is 4.80. The highest BCUT2D eigenvalue weighted by atomic mass is 32.2. The number of hydrogen-bond donors (Lipinski definition) is 1. The number of sulfonamides is 1. The Kier molecular flexibility index (Phi) is 6.52. The first-order valence-electron chi connectivity index (χ1n) is 9.84. The molecule has 1 heterocycles. The molecule has 1 amide bonds. The lowest BCUT2D eigenvalue weighted by Crippen LogP contribution is -2.30. The molecule has 150 valence electrons. The summed E-state index contributed by atoms with van der Waals surface area (Å²) in [6.45, 7) is 5.39. The maximum atomic E-state index is 12.8.